The summed E-state index contributed by atoms with van der Waals surface area (Å²) in [4.78, 5) is 0. The standard InChI is InChI=1S/C8H15F3O4S/c1-7(2)3-4-14-5-6-15-16(12,13)8(9,10)11/h7H,3-6H2,1-2H3. The molecule has 0 saturated heterocycles. The van der Waals surface area contributed by atoms with Crippen molar-refractivity contribution < 1.29 is 30.5 Å². The first kappa shape index (κ1) is 15.7. The molecule has 0 N–H and O–H groups in total. The number of hydrogen-bond acceptors (Lipinski definition) is 4. The summed E-state index contributed by atoms with van der Waals surface area (Å²) in [6.07, 6.45) is 0.756. The molecular weight excluding hydrogens is 249 g/mol. The zero-order chi connectivity index (χ0) is 12.8. The molecule has 0 radical (unpaired) electrons. The summed E-state index contributed by atoms with van der Waals surface area (Å²) in [6, 6.07) is 0. The van der Waals surface area contributed by atoms with E-state index in [-0.39, 0.29) is 6.61 Å². The molecule has 0 saturated carbocycles. The van der Waals surface area contributed by atoms with Gasteiger partial charge in [0.2, 0.25) is 0 Å². The normalized spacial score (nSPS) is 13.4. The average Bonchev–Trinajstić information content (AvgIpc) is 2.08. The van der Waals surface area contributed by atoms with Crippen LogP contribution in [-0.2, 0) is 19.0 Å². The maximum Gasteiger partial charge on any atom is 0.523 e. The van der Waals surface area contributed by atoms with Gasteiger partial charge in [-0.15, -0.1) is 0 Å². The van der Waals surface area contributed by atoms with Crippen LogP contribution < -0.4 is 0 Å². The van der Waals surface area contributed by atoms with Crippen LogP contribution in [0.15, 0.2) is 0 Å². The summed E-state index contributed by atoms with van der Waals surface area (Å²) < 4.78 is 64.7. The molecule has 0 amide bonds. The Morgan fingerprint density at radius 3 is 2.12 bits per heavy atom. The third-order valence-corrected chi connectivity index (χ3v) is 2.63. The first-order valence-electron chi connectivity index (χ1n) is 4.70. The summed E-state index contributed by atoms with van der Waals surface area (Å²) in [5.74, 6) is 0.417. The van der Waals surface area contributed by atoms with Gasteiger partial charge in [-0.25, -0.2) is 0 Å². The highest BCUT2D eigenvalue weighted by Gasteiger charge is 2.47. The SMILES string of the molecule is CC(C)CCOCCOS(=O)(=O)C(F)(F)F. The summed E-state index contributed by atoms with van der Waals surface area (Å²) >= 11 is 0. The zero-order valence-corrected chi connectivity index (χ0v) is 9.90. The fraction of sp³-hybridized carbons (Fsp3) is 1.00. The van der Waals surface area contributed by atoms with Crippen molar-refractivity contribution in [3.8, 4) is 0 Å². The maximum atomic E-state index is 11.8. The molecule has 0 heterocycles. The number of alkyl halides is 3. The second-order valence-corrected chi connectivity index (χ2v) is 5.12. The Morgan fingerprint density at radius 1 is 1.12 bits per heavy atom. The van der Waals surface area contributed by atoms with Gasteiger partial charge < -0.3 is 4.74 Å². The van der Waals surface area contributed by atoms with E-state index in [0.29, 0.717) is 12.5 Å². The lowest BCUT2D eigenvalue weighted by Crippen LogP contribution is -2.26. The predicted octanol–water partition coefficient (Wildman–Crippen LogP) is 1.92. The highest BCUT2D eigenvalue weighted by Crippen LogP contribution is 2.24. The van der Waals surface area contributed by atoms with Crippen LogP contribution in [0.5, 0.6) is 0 Å². The van der Waals surface area contributed by atoms with Gasteiger partial charge in [0.15, 0.2) is 0 Å². The smallest absolute Gasteiger partial charge is 0.379 e. The van der Waals surface area contributed by atoms with Crippen molar-refractivity contribution >= 4 is 10.1 Å². The predicted molar refractivity (Wildman–Crippen MR) is 51.2 cm³/mol. The molecular formula is C8H15F3O4S. The molecule has 98 valence electrons. The van der Waals surface area contributed by atoms with E-state index in [1.165, 1.54) is 0 Å². The van der Waals surface area contributed by atoms with E-state index < -0.39 is 22.2 Å². The van der Waals surface area contributed by atoms with E-state index in [9.17, 15) is 21.6 Å². The van der Waals surface area contributed by atoms with Crippen molar-refractivity contribution in [1.82, 2.24) is 0 Å². The molecule has 0 spiro atoms. The van der Waals surface area contributed by atoms with Gasteiger partial charge in [-0.2, -0.15) is 21.6 Å². The van der Waals surface area contributed by atoms with Gasteiger partial charge in [-0.1, -0.05) is 13.8 Å². The minimum atomic E-state index is -5.48. The number of hydrogen-bond donors (Lipinski definition) is 0. The molecule has 0 aromatic rings. The minimum absolute atomic E-state index is 0.179. The lowest BCUT2D eigenvalue weighted by Gasteiger charge is -2.09. The van der Waals surface area contributed by atoms with E-state index in [4.69, 9.17) is 4.74 Å². The Labute approximate surface area is 92.9 Å². The van der Waals surface area contributed by atoms with Crippen molar-refractivity contribution in [3.63, 3.8) is 0 Å². The first-order valence-corrected chi connectivity index (χ1v) is 6.11. The third-order valence-electron chi connectivity index (χ3n) is 1.59. The Kier molecular flexibility index (Phi) is 6.27. The summed E-state index contributed by atoms with van der Waals surface area (Å²) in [6.45, 7) is 3.50. The van der Waals surface area contributed by atoms with Crippen molar-refractivity contribution in [1.29, 1.82) is 0 Å². The summed E-state index contributed by atoms with van der Waals surface area (Å²) in [5.41, 5.74) is -5.37. The van der Waals surface area contributed by atoms with Gasteiger partial charge in [-0.3, -0.25) is 4.18 Å². The molecule has 0 fully saturated rings. The Hall–Kier alpha value is -0.340. The maximum absolute atomic E-state index is 11.8. The molecule has 0 aliphatic heterocycles. The molecule has 0 aliphatic rings. The van der Waals surface area contributed by atoms with E-state index in [1.807, 2.05) is 13.8 Å². The van der Waals surface area contributed by atoms with Crippen molar-refractivity contribution in [2.75, 3.05) is 19.8 Å². The Bertz CT molecular complexity index is 284. The van der Waals surface area contributed by atoms with Gasteiger partial charge in [0.1, 0.15) is 0 Å². The molecule has 0 bridgehead atoms. The van der Waals surface area contributed by atoms with Gasteiger partial charge in [0.25, 0.3) is 0 Å². The zero-order valence-electron chi connectivity index (χ0n) is 9.08. The molecule has 0 atom stereocenters. The van der Waals surface area contributed by atoms with E-state index in [2.05, 4.69) is 4.18 Å². The lowest BCUT2D eigenvalue weighted by atomic mass is 10.1. The number of ether oxygens (including phenoxy) is 1. The van der Waals surface area contributed by atoms with Gasteiger partial charge in [0.05, 0.1) is 13.2 Å². The molecule has 0 aromatic carbocycles. The van der Waals surface area contributed by atoms with Crippen molar-refractivity contribution in [3.05, 3.63) is 0 Å². The third kappa shape index (κ3) is 6.29. The number of halogens is 3. The van der Waals surface area contributed by atoms with Crippen molar-refractivity contribution in [2.45, 2.75) is 25.8 Å². The average molecular weight is 264 g/mol. The van der Waals surface area contributed by atoms with Crippen LogP contribution in [0.2, 0.25) is 0 Å². The monoisotopic (exact) mass is 264 g/mol. The van der Waals surface area contributed by atoms with E-state index in [0.717, 1.165) is 6.42 Å². The van der Waals surface area contributed by atoms with E-state index >= 15 is 0 Å². The largest absolute Gasteiger partial charge is 0.523 e. The quantitative estimate of drug-likeness (QED) is 0.400. The highest BCUT2D eigenvalue weighted by molar-refractivity contribution is 7.87. The molecule has 16 heavy (non-hydrogen) atoms. The van der Waals surface area contributed by atoms with Crippen LogP contribution >= 0.6 is 0 Å². The molecule has 0 unspecified atom stereocenters. The fourth-order valence-electron chi connectivity index (χ4n) is 0.691. The fourth-order valence-corrected chi connectivity index (χ4v) is 1.11. The summed E-state index contributed by atoms with van der Waals surface area (Å²) in [5, 5.41) is 0. The van der Waals surface area contributed by atoms with Gasteiger partial charge in [-0.05, 0) is 12.3 Å². The number of rotatable bonds is 7. The van der Waals surface area contributed by atoms with Crippen molar-refractivity contribution in [2.24, 2.45) is 5.92 Å². The second-order valence-electron chi connectivity index (χ2n) is 3.52. The molecule has 8 heteroatoms. The second kappa shape index (κ2) is 6.41. The van der Waals surface area contributed by atoms with E-state index in [1.54, 1.807) is 0 Å². The van der Waals surface area contributed by atoms with Crippen LogP contribution in [0.1, 0.15) is 20.3 Å². The van der Waals surface area contributed by atoms with Gasteiger partial charge in [0, 0.05) is 6.61 Å². The highest BCUT2D eigenvalue weighted by atomic mass is 32.2. The van der Waals surface area contributed by atoms with Gasteiger partial charge >= 0.3 is 15.6 Å². The topological polar surface area (TPSA) is 52.6 Å². The summed E-state index contributed by atoms with van der Waals surface area (Å²) in [7, 11) is -5.48. The first-order chi connectivity index (χ1) is 7.17. The molecule has 0 rings (SSSR count). The lowest BCUT2D eigenvalue weighted by molar-refractivity contribution is -0.0555. The van der Waals surface area contributed by atoms with Crippen LogP contribution in [0.4, 0.5) is 13.2 Å². The molecule has 4 nitrogen and oxygen atoms in total. The minimum Gasteiger partial charge on any atom is -0.379 e. The van der Waals surface area contributed by atoms with Crippen LogP contribution in [0.3, 0.4) is 0 Å². The molecule has 0 aliphatic carbocycles. The Morgan fingerprint density at radius 2 is 1.69 bits per heavy atom. The Balaban J connectivity index is 3.68. The van der Waals surface area contributed by atoms with Crippen LogP contribution in [0.25, 0.3) is 0 Å². The molecule has 0 aromatic heterocycles. The van der Waals surface area contributed by atoms with Crippen LogP contribution in [-0.4, -0.2) is 33.7 Å². The van der Waals surface area contributed by atoms with Crippen LogP contribution in [0, 0.1) is 5.92 Å².